The first-order valence-electron chi connectivity index (χ1n) is 6.63. The monoisotopic (exact) mass is 382 g/mol. The third kappa shape index (κ3) is 6.55. The Morgan fingerprint density at radius 3 is 2.83 bits per heavy atom. The molecule has 5 nitrogen and oxygen atoms in total. The lowest BCUT2D eigenvalue weighted by atomic mass is 10.0. The number of urea groups is 1. The third-order valence-electron chi connectivity index (χ3n) is 2.94. The zero-order chi connectivity index (χ0) is 15.5. The molecule has 0 aromatic carbocycles. The van der Waals surface area contributed by atoms with Crippen molar-refractivity contribution < 1.29 is 9.18 Å². The van der Waals surface area contributed by atoms with Crippen LogP contribution >= 0.6 is 36.6 Å². The second-order valence-electron chi connectivity index (χ2n) is 5.57. The van der Waals surface area contributed by atoms with Gasteiger partial charge in [0.1, 0.15) is 5.82 Å². The smallest absolute Gasteiger partial charge is 0.322 e. The van der Waals surface area contributed by atoms with Gasteiger partial charge in [-0.25, -0.2) is 9.18 Å². The van der Waals surface area contributed by atoms with Crippen LogP contribution in [-0.4, -0.2) is 26.8 Å². The standard InChI is InChI=1S/C14H19FN4OS.2ClH/c1-14(2,16)8-12-19(6-7-21-12)13(20)18-9-11-10(15)4-3-5-17-11;;/h3-7,12H,8-9,16H2,1-2H3,(H,18,20);2*1H. The largest absolute Gasteiger partial charge is 0.332 e. The Morgan fingerprint density at radius 2 is 2.22 bits per heavy atom. The zero-order valence-corrected chi connectivity index (χ0v) is 15.3. The van der Waals surface area contributed by atoms with E-state index in [2.05, 4.69) is 10.3 Å². The van der Waals surface area contributed by atoms with Gasteiger partial charge in [-0.05, 0) is 37.8 Å². The molecule has 0 bridgehead atoms. The van der Waals surface area contributed by atoms with Gasteiger partial charge in [-0.15, -0.1) is 36.6 Å². The molecule has 1 aliphatic heterocycles. The Bertz CT molecular complexity index is 554. The van der Waals surface area contributed by atoms with E-state index < -0.39 is 5.82 Å². The molecule has 1 unspecified atom stereocenters. The Balaban J connectivity index is 0.00000242. The van der Waals surface area contributed by atoms with Gasteiger partial charge in [-0.1, -0.05) is 0 Å². The number of pyridine rings is 1. The molecule has 0 aliphatic carbocycles. The van der Waals surface area contributed by atoms with Crippen LogP contribution in [0.4, 0.5) is 9.18 Å². The van der Waals surface area contributed by atoms with Crippen molar-refractivity contribution in [3.05, 3.63) is 41.4 Å². The van der Waals surface area contributed by atoms with Crippen molar-refractivity contribution >= 4 is 42.6 Å². The molecule has 0 saturated carbocycles. The summed E-state index contributed by atoms with van der Waals surface area (Å²) in [6.45, 7) is 3.90. The van der Waals surface area contributed by atoms with Gasteiger partial charge in [-0.2, -0.15) is 0 Å². The summed E-state index contributed by atoms with van der Waals surface area (Å²) >= 11 is 1.55. The number of carbonyl (C=O) groups is 1. The fourth-order valence-corrected chi connectivity index (χ4v) is 3.15. The first-order chi connectivity index (χ1) is 9.87. The first kappa shape index (κ1) is 22.0. The van der Waals surface area contributed by atoms with E-state index in [1.807, 2.05) is 19.3 Å². The van der Waals surface area contributed by atoms with Gasteiger partial charge in [0.05, 0.1) is 17.6 Å². The molecule has 1 aromatic rings. The highest BCUT2D eigenvalue weighted by Gasteiger charge is 2.29. The average molecular weight is 383 g/mol. The SMILES string of the molecule is CC(C)(N)CC1SC=CN1C(=O)NCc1ncccc1F.Cl.Cl. The topological polar surface area (TPSA) is 71.2 Å². The van der Waals surface area contributed by atoms with Crippen LogP contribution < -0.4 is 11.1 Å². The van der Waals surface area contributed by atoms with Gasteiger partial charge in [0.2, 0.25) is 0 Å². The van der Waals surface area contributed by atoms with Crippen LogP contribution in [0.2, 0.25) is 0 Å². The Labute approximate surface area is 152 Å². The lowest BCUT2D eigenvalue weighted by Gasteiger charge is -2.29. The number of nitrogens with zero attached hydrogens (tertiary/aromatic N) is 2. The summed E-state index contributed by atoms with van der Waals surface area (Å²) < 4.78 is 13.5. The molecule has 1 aliphatic rings. The molecule has 0 spiro atoms. The molecule has 2 heterocycles. The van der Waals surface area contributed by atoms with E-state index in [0.717, 1.165) is 0 Å². The van der Waals surface area contributed by atoms with E-state index in [-0.39, 0.29) is 54.0 Å². The Morgan fingerprint density at radius 1 is 1.52 bits per heavy atom. The summed E-state index contributed by atoms with van der Waals surface area (Å²) in [5.74, 6) is -0.427. The lowest BCUT2D eigenvalue weighted by Crippen LogP contribution is -2.44. The molecule has 1 atom stereocenters. The Kier molecular flexibility index (Phi) is 8.90. The molecule has 9 heteroatoms. The minimum absolute atomic E-state index is 0. The minimum atomic E-state index is -0.427. The number of hydrogen-bond acceptors (Lipinski definition) is 4. The van der Waals surface area contributed by atoms with Gasteiger partial charge >= 0.3 is 6.03 Å². The molecule has 0 fully saturated rings. The molecule has 1 aromatic heterocycles. The van der Waals surface area contributed by atoms with Crippen molar-refractivity contribution in [2.45, 2.75) is 37.7 Å². The maximum atomic E-state index is 13.5. The molecule has 0 saturated heterocycles. The predicted molar refractivity (Wildman–Crippen MR) is 96.2 cm³/mol. The molecule has 130 valence electrons. The van der Waals surface area contributed by atoms with E-state index in [4.69, 9.17) is 5.73 Å². The number of aromatic nitrogens is 1. The lowest BCUT2D eigenvalue weighted by molar-refractivity contribution is 0.207. The summed E-state index contributed by atoms with van der Waals surface area (Å²) in [5.41, 5.74) is 5.86. The number of carbonyl (C=O) groups excluding carboxylic acids is 1. The van der Waals surface area contributed by atoms with Crippen molar-refractivity contribution in [1.82, 2.24) is 15.2 Å². The molecule has 2 amide bonds. The van der Waals surface area contributed by atoms with Crippen LogP contribution in [0.1, 0.15) is 26.0 Å². The quantitative estimate of drug-likeness (QED) is 0.838. The summed E-state index contributed by atoms with van der Waals surface area (Å²) in [6, 6.07) is 2.55. The van der Waals surface area contributed by atoms with Crippen molar-refractivity contribution in [3.63, 3.8) is 0 Å². The second-order valence-corrected chi connectivity index (χ2v) is 6.65. The van der Waals surface area contributed by atoms with E-state index in [0.29, 0.717) is 6.42 Å². The number of nitrogens with one attached hydrogen (secondary N) is 1. The summed E-state index contributed by atoms with van der Waals surface area (Å²) in [7, 11) is 0. The fraction of sp³-hybridized carbons (Fsp3) is 0.429. The number of rotatable bonds is 4. The van der Waals surface area contributed by atoms with Crippen molar-refractivity contribution in [3.8, 4) is 0 Å². The number of thioether (sulfide) groups is 1. The van der Waals surface area contributed by atoms with Crippen LogP contribution in [-0.2, 0) is 6.54 Å². The van der Waals surface area contributed by atoms with Crippen molar-refractivity contribution in [2.24, 2.45) is 5.73 Å². The fourth-order valence-electron chi connectivity index (χ4n) is 1.95. The van der Waals surface area contributed by atoms with Gasteiger partial charge in [0.25, 0.3) is 0 Å². The first-order valence-corrected chi connectivity index (χ1v) is 7.58. The highest BCUT2D eigenvalue weighted by Crippen LogP contribution is 2.30. The van der Waals surface area contributed by atoms with E-state index in [1.54, 1.807) is 22.9 Å². The van der Waals surface area contributed by atoms with Gasteiger partial charge in [-0.3, -0.25) is 9.88 Å². The maximum Gasteiger partial charge on any atom is 0.322 e. The third-order valence-corrected chi connectivity index (χ3v) is 3.93. The van der Waals surface area contributed by atoms with Crippen LogP contribution in [0, 0.1) is 5.82 Å². The number of hydrogen-bond donors (Lipinski definition) is 2. The molecule has 0 radical (unpaired) electrons. The normalized spacial score (nSPS) is 16.5. The van der Waals surface area contributed by atoms with Crippen LogP contribution in [0.25, 0.3) is 0 Å². The van der Waals surface area contributed by atoms with Crippen LogP contribution in [0.15, 0.2) is 29.9 Å². The van der Waals surface area contributed by atoms with Crippen LogP contribution in [0.5, 0.6) is 0 Å². The van der Waals surface area contributed by atoms with Crippen LogP contribution in [0.3, 0.4) is 0 Å². The van der Waals surface area contributed by atoms with Crippen molar-refractivity contribution in [1.29, 1.82) is 0 Å². The molecule has 23 heavy (non-hydrogen) atoms. The highest BCUT2D eigenvalue weighted by atomic mass is 35.5. The second kappa shape index (κ2) is 9.32. The van der Waals surface area contributed by atoms with Crippen molar-refractivity contribution in [2.75, 3.05) is 0 Å². The van der Waals surface area contributed by atoms with E-state index in [9.17, 15) is 9.18 Å². The Hall–Kier alpha value is -1.02. The zero-order valence-electron chi connectivity index (χ0n) is 12.9. The summed E-state index contributed by atoms with van der Waals surface area (Å²) in [6.07, 6.45) is 3.87. The van der Waals surface area contributed by atoms with Gasteiger partial charge in [0.15, 0.2) is 0 Å². The van der Waals surface area contributed by atoms with E-state index in [1.165, 1.54) is 18.3 Å². The number of halogens is 3. The number of nitrogens with two attached hydrogens (primary N) is 1. The maximum absolute atomic E-state index is 13.5. The van der Waals surface area contributed by atoms with Gasteiger partial charge < -0.3 is 11.1 Å². The average Bonchev–Trinajstić information content (AvgIpc) is 2.83. The predicted octanol–water partition coefficient (Wildman–Crippen LogP) is 3.25. The number of amides is 2. The molecular weight excluding hydrogens is 362 g/mol. The summed E-state index contributed by atoms with van der Waals surface area (Å²) in [4.78, 5) is 17.7. The molecule has 3 N–H and O–H groups in total. The van der Waals surface area contributed by atoms with E-state index >= 15 is 0 Å². The van der Waals surface area contributed by atoms with Gasteiger partial charge in [0, 0.05) is 17.9 Å². The minimum Gasteiger partial charge on any atom is -0.332 e. The molecular formula is C14H21Cl2FN4OS. The molecule has 2 rings (SSSR count). The summed E-state index contributed by atoms with van der Waals surface area (Å²) in [5, 5.41) is 4.49. The highest BCUT2D eigenvalue weighted by molar-refractivity contribution is 8.02.